The second-order valence-corrected chi connectivity index (χ2v) is 6.53. The molecule has 0 radical (unpaired) electrons. The number of alkyl halides is 1. The summed E-state index contributed by atoms with van der Waals surface area (Å²) in [5, 5.41) is 5.14. The van der Waals surface area contributed by atoms with Crippen molar-refractivity contribution >= 4 is 11.6 Å². The standard InChI is InChI=1S/C15H23ClN2/c16-15(12-8-9-12)7-3-4-13-10-11-18(17-13)14-5-1-2-6-14/h10-12,14-15H,1-9H2. The van der Waals surface area contributed by atoms with Crippen LogP contribution < -0.4 is 0 Å². The molecule has 0 spiro atoms. The van der Waals surface area contributed by atoms with E-state index in [9.17, 15) is 0 Å². The summed E-state index contributed by atoms with van der Waals surface area (Å²) in [5.74, 6) is 0.822. The Morgan fingerprint density at radius 2 is 2.06 bits per heavy atom. The summed E-state index contributed by atoms with van der Waals surface area (Å²) in [4.78, 5) is 0. The average Bonchev–Trinajstić information content (AvgIpc) is 2.90. The number of hydrogen-bond donors (Lipinski definition) is 0. The Kier molecular flexibility index (Phi) is 3.93. The Morgan fingerprint density at radius 1 is 1.28 bits per heavy atom. The molecule has 1 unspecified atom stereocenters. The highest BCUT2D eigenvalue weighted by molar-refractivity contribution is 6.20. The predicted octanol–water partition coefficient (Wildman–Crippen LogP) is 4.34. The Balaban J connectivity index is 1.44. The minimum absolute atomic E-state index is 0.418. The van der Waals surface area contributed by atoms with Crippen LogP contribution in [0.3, 0.4) is 0 Å². The third-order valence-corrected chi connectivity index (χ3v) is 4.98. The summed E-state index contributed by atoms with van der Waals surface area (Å²) in [6.45, 7) is 0. The van der Waals surface area contributed by atoms with Crippen molar-refractivity contribution in [3.05, 3.63) is 18.0 Å². The fraction of sp³-hybridized carbons (Fsp3) is 0.800. The summed E-state index contributed by atoms with van der Waals surface area (Å²) < 4.78 is 2.20. The molecule has 0 amide bonds. The third-order valence-electron chi connectivity index (χ3n) is 4.41. The second-order valence-electron chi connectivity index (χ2n) is 5.97. The van der Waals surface area contributed by atoms with Gasteiger partial charge >= 0.3 is 0 Å². The van der Waals surface area contributed by atoms with Gasteiger partial charge in [0.25, 0.3) is 0 Å². The lowest BCUT2D eigenvalue weighted by Gasteiger charge is -2.09. The summed E-state index contributed by atoms with van der Waals surface area (Å²) >= 11 is 6.33. The smallest absolute Gasteiger partial charge is 0.0624 e. The number of aryl methyl sites for hydroxylation is 1. The van der Waals surface area contributed by atoms with E-state index >= 15 is 0 Å². The van der Waals surface area contributed by atoms with Crippen LogP contribution in [0.15, 0.2) is 12.3 Å². The topological polar surface area (TPSA) is 17.8 Å². The van der Waals surface area contributed by atoms with Gasteiger partial charge in [0.05, 0.1) is 11.7 Å². The summed E-state index contributed by atoms with van der Waals surface area (Å²) in [7, 11) is 0. The lowest BCUT2D eigenvalue weighted by Crippen LogP contribution is -2.06. The zero-order valence-electron chi connectivity index (χ0n) is 11.0. The molecular weight excluding hydrogens is 244 g/mol. The highest BCUT2D eigenvalue weighted by Gasteiger charge is 2.29. The highest BCUT2D eigenvalue weighted by atomic mass is 35.5. The third kappa shape index (κ3) is 3.09. The normalized spacial score (nSPS) is 22.5. The van der Waals surface area contributed by atoms with Gasteiger partial charge in [-0.1, -0.05) is 12.8 Å². The van der Waals surface area contributed by atoms with Crippen molar-refractivity contribution in [1.29, 1.82) is 0 Å². The number of hydrogen-bond acceptors (Lipinski definition) is 1. The molecule has 0 bridgehead atoms. The molecule has 100 valence electrons. The van der Waals surface area contributed by atoms with Crippen LogP contribution in [0.5, 0.6) is 0 Å². The Morgan fingerprint density at radius 3 is 2.78 bits per heavy atom. The van der Waals surface area contributed by atoms with Crippen LogP contribution in [0.25, 0.3) is 0 Å². The summed E-state index contributed by atoms with van der Waals surface area (Å²) in [5.41, 5.74) is 1.25. The van der Waals surface area contributed by atoms with E-state index in [1.165, 1.54) is 50.6 Å². The first-order valence-electron chi connectivity index (χ1n) is 7.51. The molecule has 3 heteroatoms. The molecule has 1 aromatic heterocycles. The van der Waals surface area contributed by atoms with E-state index in [0.29, 0.717) is 11.4 Å². The zero-order chi connectivity index (χ0) is 12.4. The summed E-state index contributed by atoms with van der Waals surface area (Å²) in [6.07, 6.45) is 13.7. The molecule has 2 aliphatic carbocycles. The van der Waals surface area contributed by atoms with Crippen molar-refractivity contribution in [3.63, 3.8) is 0 Å². The maximum Gasteiger partial charge on any atom is 0.0624 e. The van der Waals surface area contributed by atoms with Crippen LogP contribution in [-0.4, -0.2) is 15.2 Å². The van der Waals surface area contributed by atoms with Crippen LogP contribution in [-0.2, 0) is 6.42 Å². The minimum atomic E-state index is 0.418. The largest absolute Gasteiger partial charge is 0.269 e. The number of aromatic nitrogens is 2. The number of rotatable bonds is 6. The molecule has 1 aromatic rings. The fourth-order valence-electron chi connectivity index (χ4n) is 3.05. The second kappa shape index (κ2) is 5.64. The fourth-order valence-corrected chi connectivity index (χ4v) is 3.46. The van der Waals surface area contributed by atoms with Gasteiger partial charge in [-0.05, 0) is 56.9 Å². The number of halogens is 1. The van der Waals surface area contributed by atoms with Crippen molar-refractivity contribution in [2.24, 2.45) is 5.92 Å². The predicted molar refractivity (Wildman–Crippen MR) is 75.0 cm³/mol. The Bertz CT molecular complexity index is 378. The van der Waals surface area contributed by atoms with Crippen LogP contribution in [0.4, 0.5) is 0 Å². The van der Waals surface area contributed by atoms with E-state index in [4.69, 9.17) is 16.7 Å². The quantitative estimate of drug-likeness (QED) is 0.701. The zero-order valence-corrected chi connectivity index (χ0v) is 11.8. The molecular formula is C15H23ClN2. The minimum Gasteiger partial charge on any atom is -0.269 e. The van der Waals surface area contributed by atoms with Crippen molar-refractivity contribution in [2.45, 2.75) is 69.2 Å². The van der Waals surface area contributed by atoms with E-state index in [-0.39, 0.29) is 0 Å². The molecule has 1 atom stereocenters. The van der Waals surface area contributed by atoms with Gasteiger partial charge in [0.2, 0.25) is 0 Å². The maximum atomic E-state index is 6.33. The van der Waals surface area contributed by atoms with Crippen LogP contribution in [0, 0.1) is 5.92 Å². The van der Waals surface area contributed by atoms with E-state index in [0.717, 1.165) is 18.8 Å². The van der Waals surface area contributed by atoms with Gasteiger partial charge in [0, 0.05) is 11.6 Å². The molecule has 2 aliphatic rings. The molecule has 2 nitrogen and oxygen atoms in total. The first kappa shape index (κ1) is 12.5. The molecule has 0 aliphatic heterocycles. The Labute approximate surface area is 115 Å². The molecule has 3 rings (SSSR count). The van der Waals surface area contributed by atoms with E-state index in [1.807, 2.05) is 0 Å². The van der Waals surface area contributed by atoms with E-state index in [1.54, 1.807) is 0 Å². The lowest BCUT2D eigenvalue weighted by atomic mass is 10.1. The van der Waals surface area contributed by atoms with Crippen molar-refractivity contribution < 1.29 is 0 Å². The van der Waals surface area contributed by atoms with Gasteiger partial charge in [-0.2, -0.15) is 5.10 Å². The molecule has 1 heterocycles. The van der Waals surface area contributed by atoms with Gasteiger partial charge in [0.15, 0.2) is 0 Å². The number of nitrogens with zero attached hydrogens (tertiary/aromatic N) is 2. The molecule has 18 heavy (non-hydrogen) atoms. The molecule has 2 fully saturated rings. The Hall–Kier alpha value is -0.500. The lowest BCUT2D eigenvalue weighted by molar-refractivity contribution is 0.462. The SMILES string of the molecule is ClC(CCCc1ccn(C2CCCC2)n1)C1CC1. The molecule has 0 N–H and O–H groups in total. The van der Waals surface area contributed by atoms with E-state index < -0.39 is 0 Å². The van der Waals surface area contributed by atoms with Crippen molar-refractivity contribution in [2.75, 3.05) is 0 Å². The van der Waals surface area contributed by atoms with Crippen LogP contribution in [0.2, 0.25) is 0 Å². The van der Waals surface area contributed by atoms with Gasteiger partial charge in [-0.25, -0.2) is 0 Å². The first-order chi connectivity index (χ1) is 8.83. The molecule has 2 saturated carbocycles. The van der Waals surface area contributed by atoms with Gasteiger partial charge in [0.1, 0.15) is 0 Å². The maximum absolute atomic E-state index is 6.33. The van der Waals surface area contributed by atoms with Crippen molar-refractivity contribution in [1.82, 2.24) is 9.78 Å². The first-order valence-corrected chi connectivity index (χ1v) is 7.94. The highest BCUT2D eigenvalue weighted by Crippen LogP contribution is 2.37. The van der Waals surface area contributed by atoms with Crippen LogP contribution >= 0.6 is 11.6 Å². The van der Waals surface area contributed by atoms with E-state index in [2.05, 4.69) is 16.9 Å². The molecule has 0 saturated heterocycles. The van der Waals surface area contributed by atoms with Gasteiger partial charge < -0.3 is 0 Å². The van der Waals surface area contributed by atoms with Gasteiger partial charge in [-0.15, -0.1) is 11.6 Å². The average molecular weight is 267 g/mol. The monoisotopic (exact) mass is 266 g/mol. The van der Waals surface area contributed by atoms with Crippen LogP contribution in [0.1, 0.15) is 63.1 Å². The molecule has 0 aromatic carbocycles. The van der Waals surface area contributed by atoms with Crippen molar-refractivity contribution in [3.8, 4) is 0 Å². The summed E-state index contributed by atoms with van der Waals surface area (Å²) in [6, 6.07) is 2.87. The van der Waals surface area contributed by atoms with Gasteiger partial charge in [-0.3, -0.25) is 4.68 Å².